The largest absolute Gasteiger partial charge is 0.398 e. The molecule has 1 unspecified atom stereocenters. The van der Waals surface area contributed by atoms with Gasteiger partial charge in [-0.2, -0.15) is 0 Å². The van der Waals surface area contributed by atoms with Crippen molar-refractivity contribution in [1.29, 1.82) is 0 Å². The van der Waals surface area contributed by atoms with Crippen LogP contribution in [-0.2, 0) is 6.42 Å². The summed E-state index contributed by atoms with van der Waals surface area (Å²) in [5, 5.41) is 3.74. The molecule has 0 radical (unpaired) electrons. The summed E-state index contributed by atoms with van der Waals surface area (Å²) in [6.07, 6.45) is 11.0. The van der Waals surface area contributed by atoms with Crippen molar-refractivity contribution in [3.63, 3.8) is 0 Å². The molecule has 3 nitrogen and oxygen atoms in total. The fraction of sp³-hybridized carbons (Fsp3) is 0.643. The predicted molar refractivity (Wildman–Crippen MR) is 71.8 cm³/mol. The maximum Gasteiger partial charge on any atom is 0.0378 e. The highest BCUT2D eigenvalue weighted by Crippen LogP contribution is 2.28. The first-order chi connectivity index (χ1) is 8.26. The zero-order valence-electron chi connectivity index (χ0n) is 10.7. The lowest BCUT2D eigenvalue weighted by Gasteiger charge is -2.33. The summed E-state index contributed by atoms with van der Waals surface area (Å²) in [5.41, 5.74) is 8.31. The number of rotatable bonds is 3. The van der Waals surface area contributed by atoms with Crippen LogP contribution in [0.1, 0.15) is 44.6 Å². The van der Waals surface area contributed by atoms with Gasteiger partial charge in [-0.15, -0.1) is 0 Å². The lowest BCUT2D eigenvalue weighted by atomic mass is 9.84. The van der Waals surface area contributed by atoms with Crippen LogP contribution in [0, 0.1) is 0 Å². The van der Waals surface area contributed by atoms with Crippen LogP contribution in [0.5, 0.6) is 0 Å². The van der Waals surface area contributed by atoms with E-state index in [1.807, 2.05) is 12.3 Å². The minimum atomic E-state index is 0.230. The first-order valence-electron chi connectivity index (χ1n) is 6.69. The highest BCUT2D eigenvalue weighted by atomic mass is 15.0. The Morgan fingerprint density at radius 2 is 2.29 bits per heavy atom. The van der Waals surface area contributed by atoms with Crippen molar-refractivity contribution in [3.05, 3.63) is 24.0 Å². The number of anilines is 1. The molecule has 1 aromatic heterocycles. The highest BCUT2D eigenvalue weighted by molar-refractivity contribution is 5.45. The number of aromatic nitrogens is 1. The summed E-state index contributed by atoms with van der Waals surface area (Å²) in [4.78, 5) is 4.19. The Bertz CT molecular complexity index is 354. The minimum Gasteiger partial charge on any atom is -0.398 e. The Labute approximate surface area is 104 Å². The van der Waals surface area contributed by atoms with Crippen LogP contribution in [0.3, 0.4) is 0 Å². The van der Waals surface area contributed by atoms with E-state index in [9.17, 15) is 0 Å². The van der Waals surface area contributed by atoms with Gasteiger partial charge in [-0.3, -0.25) is 4.98 Å². The third kappa shape index (κ3) is 2.97. The zero-order chi connectivity index (χ0) is 12.1. The molecule has 94 valence electrons. The Balaban J connectivity index is 2.15. The van der Waals surface area contributed by atoms with Crippen molar-refractivity contribution in [1.82, 2.24) is 10.3 Å². The van der Waals surface area contributed by atoms with Gasteiger partial charge in [0.25, 0.3) is 0 Å². The van der Waals surface area contributed by atoms with Crippen LogP contribution in [-0.4, -0.2) is 17.1 Å². The van der Waals surface area contributed by atoms with E-state index in [2.05, 4.69) is 17.2 Å². The SMILES string of the molecule is CCC1(Cc2cnccc2N)CCCCCN1. The van der Waals surface area contributed by atoms with Gasteiger partial charge < -0.3 is 11.1 Å². The van der Waals surface area contributed by atoms with Gasteiger partial charge in [-0.05, 0) is 43.9 Å². The molecular formula is C14H23N3. The molecule has 0 saturated carbocycles. The van der Waals surface area contributed by atoms with E-state index < -0.39 is 0 Å². The summed E-state index contributed by atoms with van der Waals surface area (Å²) in [7, 11) is 0. The molecule has 1 aliphatic heterocycles. The number of nitrogens with one attached hydrogen (secondary N) is 1. The quantitative estimate of drug-likeness (QED) is 0.843. The number of nitrogens with zero attached hydrogens (tertiary/aromatic N) is 1. The molecule has 0 spiro atoms. The molecule has 0 bridgehead atoms. The van der Waals surface area contributed by atoms with Crippen molar-refractivity contribution in [2.45, 2.75) is 51.0 Å². The molecule has 0 aromatic carbocycles. The van der Waals surface area contributed by atoms with Gasteiger partial charge in [-0.25, -0.2) is 0 Å². The van der Waals surface area contributed by atoms with Crippen molar-refractivity contribution in [3.8, 4) is 0 Å². The summed E-state index contributed by atoms with van der Waals surface area (Å²) in [6, 6.07) is 1.90. The smallest absolute Gasteiger partial charge is 0.0378 e. The average molecular weight is 233 g/mol. The van der Waals surface area contributed by atoms with Crippen LogP contribution in [0.2, 0.25) is 0 Å². The standard InChI is InChI=1S/C14H23N3/c1-2-14(7-4-3-5-8-17-14)10-12-11-16-9-6-13(12)15/h6,9,11,17H,2-5,7-8,10H2,1H3,(H2,15,16). The van der Waals surface area contributed by atoms with E-state index in [1.54, 1.807) is 6.20 Å². The van der Waals surface area contributed by atoms with Crippen LogP contribution >= 0.6 is 0 Å². The fourth-order valence-corrected chi connectivity index (χ4v) is 2.73. The molecule has 0 amide bonds. The van der Waals surface area contributed by atoms with Crippen molar-refractivity contribution < 1.29 is 0 Å². The van der Waals surface area contributed by atoms with Crippen LogP contribution in [0.15, 0.2) is 18.5 Å². The second-order valence-corrected chi connectivity index (χ2v) is 5.12. The molecular weight excluding hydrogens is 210 g/mol. The number of hydrogen-bond donors (Lipinski definition) is 2. The van der Waals surface area contributed by atoms with Gasteiger partial charge in [0.1, 0.15) is 0 Å². The zero-order valence-corrected chi connectivity index (χ0v) is 10.7. The molecule has 17 heavy (non-hydrogen) atoms. The Morgan fingerprint density at radius 3 is 3.06 bits per heavy atom. The predicted octanol–water partition coefficient (Wildman–Crippen LogP) is 2.52. The van der Waals surface area contributed by atoms with E-state index in [0.29, 0.717) is 0 Å². The van der Waals surface area contributed by atoms with Gasteiger partial charge >= 0.3 is 0 Å². The molecule has 3 N–H and O–H groups in total. The molecule has 3 heteroatoms. The first kappa shape index (κ1) is 12.4. The number of pyridine rings is 1. The second kappa shape index (κ2) is 5.50. The first-order valence-corrected chi connectivity index (χ1v) is 6.69. The summed E-state index contributed by atoms with van der Waals surface area (Å²) in [5.74, 6) is 0. The number of nitrogens with two attached hydrogens (primary N) is 1. The normalized spacial score (nSPS) is 25.5. The molecule has 1 saturated heterocycles. The van der Waals surface area contributed by atoms with E-state index in [-0.39, 0.29) is 5.54 Å². The van der Waals surface area contributed by atoms with Gasteiger partial charge in [-0.1, -0.05) is 19.8 Å². The molecule has 0 aliphatic carbocycles. The van der Waals surface area contributed by atoms with Crippen LogP contribution in [0.4, 0.5) is 5.69 Å². The van der Waals surface area contributed by atoms with Crippen molar-refractivity contribution in [2.24, 2.45) is 0 Å². The van der Waals surface area contributed by atoms with E-state index in [4.69, 9.17) is 5.73 Å². The van der Waals surface area contributed by atoms with Gasteiger partial charge in [0.2, 0.25) is 0 Å². The third-order valence-corrected chi connectivity index (χ3v) is 3.98. The topological polar surface area (TPSA) is 50.9 Å². The van der Waals surface area contributed by atoms with E-state index in [1.165, 1.54) is 31.2 Å². The summed E-state index contributed by atoms with van der Waals surface area (Å²) < 4.78 is 0. The van der Waals surface area contributed by atoms with E-state index >= 15 is 0 Å². The second-order valence-electron chi connectivity index (χ2n) is 5.12. The highest BCUT2D eigenvalue weighted by Gasteiger charge is 2.29. The molecule has 1 aliphatic rings. The van der Waals surface area contributed by atoms with E-state index in [0.717, 1.165) is 25.1 Å². The average Bonchev–Trinajstić information content (AvgIpc) is 2.58. The monoisotopic (exact) mass is 233 g/mol. The molecule has 1 atom stereocenters. The summed E-state index contributed by atoms with van der Waals surface area (Å²) in [6.45, 7) is 3.40. The Kier molecular flexibility index (Phi) is 4.00. The lowest BCUT2D eigenvalue weighted by Crippen LogP contribution is -2.46. The van der Waals surface area contributed by atoms with Gasteiger partial charge in [0.05, 0.1) is 0 Å². The molecule has 2 heterocycles. The lowest BCUT2D eigenvalue weighted by molar-refractivity contribution is 0.302. The van der Waals surface area contributed by atoms with Gasteiger partial charge in [0, 0.05) is 23.6 Å². The van der Waals surface area contributed by atoms with Crippen molar-refractivity contribution >= 4 is 5.69 Å². The summed E-state index contributed by atoms with van der Waals surface area (Å²) >= 11 is 0. The molecule has 1 aromatic rings. The van der Waals surface area contributed by atoms with Gasteiger partial charge in [0.15, 0.2) is 0 Å². The minimum absolute atomic E-state index is 0.230. The fourth-order valence-electron chi connectivity index (χ4n) is 2.73. The van der Waals surface area contributed by atoms with Crippen LogP contribution < -0.4 is 11.1 Å². The third-order valence-electron chi connectivity index (χ3n) is 3.98. The Morgan fingerprint density at radius 1 is 1.41 bits per heavy atom. The molecule has 1 fully saturated rings. The van der Waals surface area contributed by atoms with Crippen molar-refractivity contribution in [2.75, 3.05) is 12.3 Å². The van der Waals surface area contributed by atoms with Crippen LogP contribution in [0.25, 0.3) is 0 Å². The maximum atomic E-state index is 6.02. The maximum absolute atomic E-state index is 6.02. The number of nitrogen functional groups attached to an aromatic ring is 1. The number of hydrogen-bond acceptors (Lipinski definition) is 3. The Hall–Kier alpha value is -1.09. The molecule has 2 rings (SSSR count).